The van der Waals surface area contributed by atoms with Gasteiger partial charge in [0.15, 0.2) is 0 Å². The third kappa shape index (κ3) is 4.13. The lowest BCUT2D eigenvalue weighted by atomic mass is 9.78. The van der Waals surface area contributed by atoms with Crippen molar-refractivity contribution in [1.82, 2.24) is 0 Å². The first-order valence-corrected chi connectivity index (χ1v) is 7.81. The van der Waals surface area contributed by atoms with Crippen LogP contribution in [0.3, 0.4) is 0 Å². The van der Waals surface area contributed by atoms with Crippen LogP contribution in [-0.2, 0) is 16.6 Å². The molecule has 2 rings (SSSR count). The Labute approximate surface area is 137 Å². The van der Waals surface area contributed by atoms with Gasteiger partial charge in [-0.1, -0.05) is 51.1 Å². The Bertz CT molecular complexity index is 696. The molecule has 122 valence electrons. The number of ether oxygens (including phenoxy) is 1. The van der Waals surface area contributed by atoms with Gasteiger partial charge in [-0.15, -0.1) is 0 Å². The zero-order chi connectivity index (χ0) is 17.0. The predicted molar refractivity (Wildman–Crippen MR) is 93.1 cm³/mol. The molecule has 0 atom stereocenters. The van der Waals surface area contributed by atoms with E-state index in [0.717, 1.165) is 22.4 Å². The lowest BCUT2D eigenvalue weighted by Gasteiger charge is -2.27. The summed E-state index contributed by atoms with van der Waals surface area (Å²) in [6.45, 7) is 6.49. The van der Waals surface area contributed by atoms with E-state index in [9.17, 15) is 4.79 Å². The number of aryl methyl sites for hydroxylation is 1. The summed E-state index contributed by atoms with van der Waals surface area (Å²) in [6, 6.07) is 14.1. The van der Waals surface area contributed by atoms with Crippen molar-refractivity contribution in [3.63, 3.8) is 0 Å². The highest BCUT2D eigenvalue weighted by Crippen LogP contribution is 2.37. The Morgan fingerprint density at radius 3 is 2.43 bits per heavy atom. The first-order chi connectivity index (χ1) is 10.8. The van der Waals surface area contributed by atoms with Gasteiger partial charge in [-0.2, -0.15) is 0 Å². The maximum Gasteiger partial charge on any atom is 0.303 e. The fraction of sp³-hybridized carbons (Fsp3) is 0.350. The molecule has 0 aromatic heterocycles. The zero-order valence-electron chi connectivity index (χ0n) is 14.2. The summed E-state index contributed by atoms with van der Waals surface area (Å²) in [5.41, 5.74) is 4.45. The van der Waals surface area contributed by atoms with Gasteiger partial charge in [0.05, 0.1) is 7.11 Å². The molecule has 23 heavy (non-hydrogen) atoms. The van der Waals surface area contributed by atoms with Crippen molar-refractivity contribution in [2.75, 3.05) is 7.11 Å². The van der Waals surface area contributed by atoms with Gasteiger partial charge >= 0.3 is 5.97 Å². The van der Waals surface area contributed by atoms with E-state index in [4.69, 9.17) is 9.84 Å². The number of aliphatic carboxylic acids is 1. The third-order valence-corrected chi connectivity index (χ3v) is 3.89. The van der Waals surface area contributed by atoms with Crippen molar-refractivity contribution < 1.29 is 14.6 Å². The van der Waals surface area contributed by atoms with Gasteiger partial charge in [0.2, 0.25) is 0 Å². The van der Waals surface area contributed by atoms with Gasteiger partial charge < -0.3 is 9.84 Å². The number of methoxy groups -OCH3 is 1. The van der Waals surface area contributed by atoms with Crippen LogP contribution >= 0.6 is 0 Å². The predicted octanol–water partition coefficient (Wildman–Crippen LogP) is 4.68. The lowest BCUT2D eigenvalue weighted by molar-refractivity contribution is -0.136. The Hall–Kier alpha value is -2.29. The fourth-order valence-electron chi connectivity index (χ4n) is 2.97. The van der Waals surface area contributed by atoms with E-state index in [1.54, 1.807) is 7.11 Å². The quantitative estimate of drug-likeness (QED) is 0.872. The summed E-state index contributed by atoms with van der Waals surface area (Å²) in [7, 11) is 1.66. The minimum Gasteiger partial charge on any atom is -0.497 e. The highest BCUT2D eigenvalue weighted by molar-refractivity contribution is 5.72. The second-order valence-corrected chi connectivity index (χ2v) is 6.72. The smallest absolute Gasteiger partial charge is 0.303 e. The summed E-state index contributed by atoms with van der Waals surface area (Å²) in [4.78, 5) is 11.0. The Morgan fingerprint density at radius 1 is 1.13 bits per heavy atom. The molecular weight excluding hydrogens is 288 g/mol. The van der Waals surface area contributed by atoms with Crippen LogP contribution in [0.25, 0.3) is 11.1 Å². The Kier molecular flexibility index (Phi) is 5.09. The minimum atomic E-state index is -0.767. The lowest BCUT2D eigenvalue weighted by Crippen LogP contribution is -2.16. The molecule has 0 amide bonds. The molecule has 3 nitrogen and oxygen atoms in total. The second kappa shape index (κ2) is 6.86. The first kappa shape index (κ1) is 17.1. The highest BCUT2D eigenvalue weighted by Gasteiger charge is 2.22. The minimum absolute atomic E-state index is 0.0759. The molecule has 2 aromatic carbocycles. The molecule has 2 aromatic rings. The molecule has 0 aliphatic heterocycles. The molecule has 1 N–H and O–H groups in total. The van der Waals surface area contributed by atoms with Crippen molar-refractivity contribution in [2.45, 2.75) is 39.0 Å². The SMILES string of the molecule is COc1cccc(-c2cccc(CCC(=O)O)c2C(C)(C)C)c1. The molecule has 0 spiro atoms. The molecule has 0 fully saturated rings. The van der Waals surface area contributed by atoms with Crippen LogP contribution in [0.15, 0.2) is 42.5 Å². The zero-order valence-corrected chi connectivity index (χ0v) is 14.2. The van der Waals surface area contributed by atoms with E-state index >= 15 is 0 Å². The summed E-state index contributed by atoms with van der Waals surface area (Å²) < 4.78 is 5.33. The van der Waals surface area contributed by atoms with E-state index in [1.165, 1.54) is 5.56 Å². The van der Waals surface area contributed by atoms with Crippen LogP contribution in [0.1, 0.15) is 38.3 Å². The average Bonchev–Trinajstić information content (AvgIpc) is 2.51. The second-order valence-electron chi connectivity index (χ2n) is 6.72. The summed E-state index contributed by atoms with van der Waals surface area (Å²) in [5.74, 6) is 0.0509. The summed E-state index contributed by atoms with van der Waals surface area (Å²) in [5, 5.41) is 9.01. The maximum atomic E-state index is 11.0. The number of hydrogen-bond acceptors (Lipinski definition) is 2. The maximum absolute atomic E-state index is 11.0. The Morgan fingerprint density at radius 2 is 1.83 bits per heavy atom. The van der Waals surface area contributed by atoms with Crippen LogP contribution < -0.4 is 4.74 Å². The van der Waals surface area contributed by atoms with Crippen LogP contribution in [0.5, 0.6) is 5.75 Å². The topological polar surface area (TPSA) is 46.5 Å². The number of rotatable bonds is 5. The monoisotopic (exact) mass is 312 g/mol. The number of carboxylic acid groups (broad SMARTS) is 1. The number of benzene rings is 2. The molecular formula is C20H24O3. The first-order valence-electron chi connectivity index (χ1n) is 7.81. The highest BCUT2D eigenvalue weighted by atomic mass is 16.5. The van der Waals surface area contributed by atoms with Crippen molar-refractivity contribution in [3.05, 3.63) is 53.6 Å². The molecule has 0 heterocycles. The van der Waals surface area contributed by atoms with E-state index in [-0.39, 0.29) is 11.8 Å². The van der Waals surface area contributed by atoms with Crippen molar-refractivity contribution in [2.24, 2.45) is 0 Å². The van der Waals surface area contributed by atoms with E-state index in [0.29, 0.717) is 6.42 Å². The summed E-state index contributed by atoms with van der Waals surface area (Å²) in [6.07, 6.45) is 0.685. The Balaban J connectivity index is 2.58. The van der Waals surface area contributed by atoms with Gasteiger partial charge in [0, 0.05) is 6.42 Å². The van der Waals surface area contributed by atoms with Crippen molar-refractivity contribution >= 4 is 5.97 Å². The number of carbonyl (C=O) groups is 1. The van der Waals surface area contributed by atoms with Gasteiger partial charge in [0.1, 0.15) is 5.75 Å². The van der Waals surface area contributed by atoms with E-state index < -0.39 is 5.97 Å². The van der Waals surface area contributed by atoms with Crippen LogP contribution in [0.2, 0.25) is 0 Å². The van der Waals surface area contributed by atoms with Gasteiger partial charge in [0.25, 0.3) is 0 Å². The molecule has 0 aliphatic rings. The number of carboxylic acids is 1. The van der Waals surface area contributed by atoms with Gasteiger partial charge in [-0.25, -0.2) is 0 Å². The molecule has 0 bridgehead atoms. The number of hydrogen-bond donors (Lipinski definition) is 1. The van der Waals surface area contributed by atoms with E-state index in [2.05, 4.69) is 32.9 Å². The van der Waals surface area contributed by atoms with Gasteiger partial charge in [-0.05, 0) is 46.2 Å². The largest absolute Gasteiger partial charge is 0.497 e. The standard InChI is InChI=1S/C20H24O3/c1-20(2,3)19-14(11-12-18(21)22)7-6-10-17(19)15-8-5-9-16(13-15)23-4/h5-10,13H,11-12H2,1-4H3,(H,21,22). The van der Waals surface area contributed by atoms with Gasteiger partial charge in [-0.3, -0.25) is 4.79 Å². The average molecular weight is 312 g/mol. The molecule has 0 radical (unpaired) electrons. The van der Waals surface area contributed by atoms with Crippen molar-refractivity contribution in [3.8, 4) is 16.9 Å². The van der Waals surface area contributed by atoms with E-state index in [1.807, 2.05) is 30.3 Å². The molecule has 0 aliphatic carbocycles. The van der Waals surface area contributed by atoms with Crippen LogP contribution in [-0.4, -0.2) is 18.2 Å². The molecule has 0 saturated heterocycles. The fourth-order valence-corrected chi connectivity index (χ4v) is 2.97. The molecule has 0 unspecified atom stereocenters. The van der Waals surface area contributed by atoms with Crippen molar-refractivity contribution in [1.29, 1.82) is 0 Å². The van der Waals surface area contributed by atoms with Crippen LogP contribution in [0.4, 0.5) is 0 Å². The summed E-state index contributed by atoms with van der Waals surface area (Å²) >= 11 is 0. The molecule has 0 saturated carbocycles. The van der Waals surface area contributed by atoms with Crippen LogP contribution in [0, 0.1) is 0 Å². The molecule has 3 heteroatoms. The normalized spacial score (nSPS) is 11.3. The third-order valence-electron chi connectivity index (χ3n) is 3.89.